The lowest BCUT2D eigenvalue weighted by Crippen LogP contribution is -2.40. The number of urea groups is 1. The van der Waals surface area contributed by atoms with Gasteiger partial charge in [-0.1, -0.05) is 18.2 Å². The minimum absolute atomic E-state index is 0.0700. The molecule has 6 nitrogen and oxygen atoms in total. The number of carbonyl (C=O) groups excluding carboxylic acids is 1. The average molecular weight is 356 g/mol. The molecule has 0 bridgehead atoms. The smallest absolute Gasteiger partial charge is 0.315 e. The Kier molecular flexibility index (Phi) is 5.51. The van der Waals surface area contributed by atoms with Crippen molar-refractivity contribution in [1.29, 1.82) is 0 Å². The first kappa shape index (κ1) is 17.9. The van der Waals surface area contributed by atoms with Crippen LogP contribution in [0.1, 0.15) is 36.6 Å². The van der Waals surface area contributed by atoms with Gasteiger partial charge in [-0.15, -0.1) is 0 Å². The fraction of sp³-hybridized carbons (Fsp3) is 0.350. The maximum atomic E-state index is 12.5. The van der Waals surface area contributed by atoms with Gasteiger partial charge in [0, 0.05) is 17.5 Å². The minimum atomic E-state index is -0.241. The topological polar surface area (TPSA) is 68.8 Å². The molecule has 2 amide bonds. The van der Waals surface area contributed by atoms with E-state index in [1.54, 1.807) is 14.2 Å². The Morgan fingerprint density at radius 2 is 2.00 bits per heavy atom. The van der Waals surface area contributed by atoms with Crippen molar-refractivity contribution in [2.45, 2.75) is 25.4 Å². The van der Waals surface area contributed by atoms with Crippen molar-refractivity contribution in [3.05, 3.63) is 53.6 Å². The first-order valence-corrected chi connectivity index (χ1v) is 8.63. The molecule has 138 valence electrons. The van der Waals surface area contributed by atoms with Crippen molar-refractivity contribution in [1.82, 2.24) is 10.6 Å². The SMILES string of the molecule is COc1ccc(OC)c(C(C)NC(=O)NC2CCOc3ccccc32)c1. The van der Waals surface area contributed by atoms with Crippen LogP contribution in [-0.4, -0.2) is 26.9 Å². The summed E-state index contributed by atoms with van der Waals surface area (Å²) in [7, 11) is 3.22. The number of para-hydroxylation sites is 1. The quantitative estimate of drug-likeness (QED) is 0.859. The summed E-state index contributed by atoms with van der Waals surface area (Å²) in [5.74, 6) is 2.25. The minimum Gasteiger partial charge on any atom is -0.497 e. The van der Waals surface area contributed by atoms with E-state index >= 15 is 0 Å². The van der Waals surface area contributed by atoms with Gasteiger partial charge in [-0.05, 0) is 31.2 Å². The lowest BCUT2D eigenvalue weighted by atomic mass is 10.0. The number of carbonyl (C=O) groups is 1. The summed E-state index contributed by atoms with van der Waals surface area (Å²) >= 11 is 0. The Balaban J connectivity index is 1.69. The Morgan fingerprint density at radius 3 is 2.77 bits per heavy atom. The molecule has 1 aliphatic rings. The standard InChI is InChI=1S/C20H24N2O4/c1-13(16-12-14(24-2)8-9-18(16)25-3)21-20(23)22-17-10-11-26-19-7-5-4-6-15(17)19/h4-9,12-13,17H,10-11H2,1-3H3,(H2,21,22,23). The first-order valence-electron chi connectivity index (χ1n) is 8.63. The molecule has 26 heavy (non-hydrogen) atoms. The van der Waals surface area contributed by atoms with Gasteiger partial charge in [0.1, 0.15) is 17.2 Å². The van der Waals surface area contributed by atoms with Crippen molar-refractivity contribution < 1.29 is 19.0 Å². The van der Waals surface area contributed by atoms with Crippen LogP contribution in [0, 0.1) is 0 Å². The van der Waals surface area contributed by atoms with Crippen molar-refractivity contribution in [3.63, 3.8) is 0 Å². The zero-order valence-corrected chi connectivity index (χ0v) is 15.2. The number of rotatable bonds is 5. The van der Waals surface area contributed by atoms with E-state index in [9.17, 15) is 4.79 Å². The summed E-state index contributed by atoms with van der Waals surface area (Å²) in [6.45, 7) is 2.50. The van der Waals surface area contributed by atoms with Crippen LogP contribution in [0.15, 0.2) is 42.5 Å². The number of benzene rings is 2. The van der Waals surface area contributed by atoms with Crippen LogP contribution < -0.4 is 24.8 Å². The molecule has 0 saturated heterocycles. The second kappa shape index (κ2) is 7.99. The lowest BCUT2D eigenvalue weighted by Gasteiger charge is -2.27. The van der Waals surface area contributed by atoms with Gasteiger partial charge in [-0.3, -0.25) is 0 Å². The van der Waals surface area contributed by atoms with Crippen LogP contribution in [0.3, 0.4) is 0 Å². The van der Waals surface area contributed by atoms with Crippen molar-refractivity contribution in [2.24, 2.45) is 0 Å². The van der Waals surface area contributed by atoms with Gasteiger partial charge >= 0.3 is 6.03 Å². The third kappa shape index (κ3) is 3.85. The van der Waals surface area contributed by atoms with E-state index in [-0.39, 0.29) is 18.1 Å². The molecule has 2 aromatic carbocycles. The molecular weight excluding hydrogens is 332 g/mol. The number of ether oxygens (including phenoxy) is 3. The van der Waals surface area contributed by atoms with E-state index < -0.39 is 0 Å². The Bertz CT molecular complexity index is 778. The van der Waals surface area contributed by atoms with Gasteiger partial charge < -0.3 is 24.8 Å². The van der Waals surface area contributed by atoms with Crippen LogP contribution in [-0.2, 0) is 0 Å². The maximum Gasteiger partial charge on any atom is 0.315 e. The highest BCUT2D eigenvalue weighted by Crippen LogP contribution is 2.32. The molecule has 0 saturated carbocycles. The molecular formula is C20H24N2O4. The molecule has 2 aromatic rings. The van der Waals surface area contributed by atoms with Crippen LogP contribution in [0.25, 0.3) is 0 Å². The first-order chi connectivity index (χ1) is 12.6. The molecule has 1 heterocycles. The highest BCUT2D eigenvalue weighted by molar-refractivity contribution is 5.75. The van der Waals surface area contributed by atoms with Crippen LogP contribution >= 0.6 is 0 Å². The lowest BCUT2D eigenvalue weighted by molar-refractivity contribution is 0.221. The summed E-state index contributed by atoms with van der Waals surface area (Å²) < 4.78 is 16.3. The molecule has 2 atom stereocenters. The van der Waals surface area contributed by atoms with E-state index in [0.717, 1.165) is 23.3 Å². The monoisotopic (exact) mass is 356 g/mol. The Hall–Kier alpha value is -2.89. The fourth-order valence-corrected chi connectivity index (χ4v) is 3.14. The number of fused-ring (bicyclic) bond motifs is 1. The van der Waals surface area contributed by atoms with Crippen LogP contribution in [0.2, 0.25) is 0 Å². The molecule has 2 N–H and O–H groups in total. The number of hydrogen-bond donors (Lipinski definition) is 2. The average Bonchev–Trinajstić information content (AvgIpc) is 2.67. The van der Waals surface area contributed by atoms with Gasteiger partial charge in [-0.25, -0.2) is 4.79 Å². The van der Waals surface area contributed by atoms with E-state index in [0.29, 0.717) is 18.1 Å². The van der Waals surface area contributed by atoms with E-state index in [4.69, 9.17) is 14.2 Å². The van der Waals surface area contributed by atoms with Crippen LogP contribution in [0.5, 0.6) is 17.2 Å². The van der Waals surface area contributed by atoms with E-state index in [2.05, 4.69) is 10.6 Å². The van der Waals surface area contributed by atoms with Crippen molar-refractivity contribution in [3.8, 4) is 17.2 Å². The molecule has 0 aliphatic carbocycles. The summed E-state index contributed by atoms with van der Waals surface area (Å²) in [5.41, 5.74) is 1.86. The maximum absolute atomic E-state index is 12.5. The van der Waals surface area contributed by atoms with Gasteiger partial charge in [0.15, 0.2) is 0 Å². The number of methoxy groups -OCH3 is 2. The van der Waals surface area contributed by atoms with Gasteiger partial charge in [0.2, 0.25) is 0 Å². The van der Waals surface area contributed by atoms with Gasteiger partial charge in [-0.2, -0.15) is 0 Å². The fourth-order valence-electron chi connectivity index (χ4n) is 3.14. The number of amides is 2. The van der Waals surface area contributed by atoms with Crippen LogP contribution in [0.4, 0.5) is 4.79 Å². The second-order valence-corrected chi connectivity index (χ2v) is 6.17. The molecule has 0 fully saturated rings. The third-order valence-electron chi connectivity index (χ3n) is 4.51. The zero-order valence-electron chi connectivity index (χ0n) is 15.2. The van der Waals surface area contributed by atoms with E-state index in [1.807, 2.05) is 49.4 Å². The summed E-state index contributed by atoms with van der Waals surface area (Å²) in [6, 6.07) is 12.8. The van der Waals surface area contributed by atoms with Crippen molar-refractivity contribution >= 4 is 6.03 Å². The molecule has 0 spiro atoms. The predicted octanol–water partition coefficient (Wildman–Crippen LogP) is 3.59. The number of hydrogen-bond acceptors (Lipinski definition) is 4. The van der Waals surface area contributed by atoms with Gasteiger partial charge in [0.25, 0.3) is 0 Å². The highest BCUT2D eigenvalue weighted by Gasteiger charge is 2.23. The molecule has 0 aromatic heterocycles. The second-order valence-electron chi connectivity index (χ2n) is 6.17. The molecule has 0 radical (unpaired) electrons. The molecule has 1 aliphatic heterocycles. The highest BCUT2D eigenvalue weighted by atomic mass is 16.5. The van der Waals surface area contributed by atoms with Gasteiger partial charge in [0.05, 0.1) is 32.9 Å². The Morgan fingerprint density at radius 1 is 1.19 bits per heavy atom. The predicted molar refractivity (Wildman–Crippen MR) is 98.9 cm³/mol. The summed E-state index contributed by atoms with van der Waals surface area (Å²) in [5, 5.41) is 6.01. The number of nitrogens with one attached hydrogen (secondary N) is 2. The van der Waals surface area contributed by atoms with E-state index in [1.165, 1.54) is 0 Å². The molecule has 6 heteroatoms. The summed E-state index contributed by atoms with van der Waals surface area (Å²) in [4.78, 5) is 12.5. The summed E-state index contributed by atoms with van der Waals surface area (Å²) in [6.07, 6.45) is 0.737. The zero-order chi connectivity index (χ0) is 18.5. The normalized spacial score (nSPS) is 16.7. The Labute approximate surface area is 153 Å². The largest absolute Gasteiger partial charge is 0.497 e. The molecule has 3 rings (SSSR count). The van der Waals surface area contributed by atoms with Crippen molar-refractivity contribution in [2.75, 3.05) is 20.8 Å². The third-order valence-corrected chi connectivity index (χ3v) is 4.51. The molecule has 2 unspecified atom stereocenters.